The van der Waals surface area contributed by atoms with Crippen LogP contribution in [0.5, 0.6) is 0 Å². The quantitative estimate of drug-likeness (QED) is 0.798. The van der Waals surface area contributed by atoms with Crippen LogP contribution in [0.25, 0.3) is 10.9 Å². The minimum absolute atomic E-state index is 0.272. The van der Waals surface area contributed by atoms with Crippen LogP contribution in [0.15, 0.2) is 42.7 Å². The molecule has 1 aromatic carbocycles. The summed E-state index contributed by atoms with van der Waals surface area (Å²) in [6.07, 6.45) is 2.59. The predicted molar refractivity (Wildman–Crippen MR) is 77.3 cm³/mol. The van der Waals surface area contributed by atoms with Gasteiger partial charge in [-0.15, -0.1) is 10.2 Å². The highest BCUT2D eigenvalue weighted by molar-refractivity contribution is 5.96. The third-order valence-corrected chi connectivity index (χ3v) is 2.90. The fourth-order valence-electron chi connectivity index (χ4n) is 1.97. The zero-order chi connectivity index (χ0) is 14.7. The van der Waals surface area contributed by atoms with E-state index < -0.39 is 6.09 Å². The van der Waals surface area contributed by atoms with Crippen molar-refractivity contribution in [3.63, 3.8) is 0 Å². The molecule has 1 amide bonds. The number of aromatic amines is 1. The second kappa shape index (κ2) is 5.58. The number of carbonyl (C=O) groups excluding carboxylic acids is 1. The summed E-state index contributed by atoms with van der Waals surface area (Å²) in [6, 6.07) is 9.34. The Balaban J connectivity index is 2.07. The molecule has 0 fully saturated rings. The summed E-state index contributed by atoms with van der Waals surface area (Å²) < 4.78 is 5.07. The van der Waals surface area contributed by atoms with Gasteiger partial charge in [0.25, 0.3) is 0 Å². The summed E-state index contributed by atoms with van der Waals surface area (Å²) in [6.45, 7) is 2.02. The lowest BCUT2D eigenvalue weighted by Gasteiger charge is -2.18. The molecule has 106 valence electrons. The van der Waals surface area contributed by atoms with E-state index in [1.807, 2.05) is 24.3 Å². The molecule has 3 aromatic rings. The summed E-state index contributed by atoms with van der Waals surface area (Å²) in [5.41, 5.74) is 1.30. The number of amides is 1. The first-order chi connectivity index (χ1) is 10.3. The number of ether oxygens (including phenoxy) is 1. The predicted octanol–water partition coefficient (Wildman–Crippen LogP) is 2.65. The summed E-state index contributed by atoms with van der Waals surface area (Å²) in [5, 5.41) is 15.6. The molecule has 0 saturated carbocycles. The lowest BCUT2D eigenvalue weighted by atomic mass is 10.2. The Hall–Kier alpha value is -2.96. The first-order valence-electron chi connectivity index (χ1n) is 6.47. The van der Waals surface area contributed by atoms with Gasteiger partial charge in [0, 0.05) is 11.6 Å². The van der Waals surface area contributed by atoms with E-state index in [1.165, 1.54) is 11.1 Å². The normalized spacial score (nSPS) is 10.5. The lowest BCUT2D eigenvalue weighted by Crippen LogP contribution is -2.27. The Kier molecular flexibility index (Phi) is 3.46. The maximum atomic E-state index is 12.2. The summed E-state index contributed by atoms with van der Waals surface area (Å²) in [4.78, 5) is 13.5. The number of benzene rings is 1. The van der Waals surface area contributed by atoms with E-state index in [9.17, 15) is 4.79 Å². The van der Waals surface area contributed by atoms with Gasteiger partial charge in [-0.2, -0.15) is 5.10 Å². The van der Waals surface area contributed by atoms with Crippen LogP contribution in [0.1, 0.15) is 6.92 Å². The zero-order valence-corrected chi connectivity index (χ0v) is 11.4. The van der Waals surface area contributed by atoms with Gasteiger partial charge < -0.3 is 4.74 Å². The van der Waals surface area contributed by atoms with E-state index in [2.05, 4.69) is 20.4 Å². The molecule has 1 N–H and O–H groups in total. The van der Waals surface area contributed by atoms with Crippen LogP contribution >= 0.6 is 0 Å². The summed E-state index contributed by atoms with van der Waals surface area (Å²) >= 11 is 0. The van der Waals surface area contributed by atoms with Crippen molar-refractivity contribution in [2.24, 2.45) is 0 Å². The smallest absolute Gasteiger partial charge is 0.420 e. The van der Waals surface area contributed by atoms with Crippen LogP contribution in [-0.4, -0.2) is 33.1 Å². The molecule has 0 spiro atoms. The zero-order valence-electron chi connectivity index (χ0n) is 11.4. The molecule has 0 atom stereocenters. The molecule has 2 heterocycles. The van der Waals surface area contributed by atoms with Crippen LogP contribution in [-0.2, 0) is 4.74 Å². The van der Waals surface area contributed by atoms with Crippen molar-refractivity contribution >= 4 is 28.5 Å². The fourth-order valence-corrected chi connectivity index (χ4v) is 1.97. The van der Waals surface area contributed by atoms with Crippen molar-refractivity contribution in [2.75, 3.05) is 11.5 Å². The van der Waals surface area contributed by atoms with Crippen molar-refractivity contribution < 1.29 is 9.53 Å². The van der Waals surface area contributed by atoms with E-state index in [0.717, 1.165) is 10.9 Å². The highest BCUT2D eigenvalue weighted by atomic mass is 16.6. The number of nitrogens with one attached hydrogen (secondary N) is 1. The minimum atomic E-state index is -0.525. The van der Waals surface area contributed by atoms with E-state index in [0.29, 0.717) is 11.5 Å². The van der Waals surface area contributed by atoms with Gasteiger partial charge in [-0.05, 0) is 19.1 Å². The molecule has 0 bridgehead atoms. The molecule has 0 aliphatic carbocycles. The van der Waals surface area contributed by atoms with Crippen LogP contribution in [0, 0.1) is 0 Å². The number of fused-ring (bicyclic) bond motifs is 1. The topological polar surface area (TPSA) is 84.0 Å². The van der Waals surface area contributed by atoms with Crippen molar-refractivity contribution in [3.05, 3.63) is 42.7 Å². The van der Waals surface area contributed by atoms with Crippen molar-refractivity contribution in [3.8, 4) is 0 Å². The highest BCUT2D eigenvalue weighted by Crippen LogP contribution is 2.25. The van der Waals surface area contributed by atoms with Crippen molar-refractivity contribution in [1.82, 2.24) is 20.4 Å². The molecule has 7 nitrogen and oxygen atoms in total. The number of rotatable bonds is 3. The van der Waals surface area contributed by atoms with Crippen molar-refractivity contribution in [2.45, 2.75) is 6.92 Å². The molecule has 21 heavy (non-hydrogen) atoms. The summed E-state index contributed by atoms with van der Waals surface area (Å²) in [5.74, 6) is 0.383. The van der Waals surface area contributed by atoms with Gasteiger partial charge in [-0.3, -0.25) is 5.10 Å². The Morgan fingerprint density at radius 2 is 2.19 bits per heavy atom. The number of H-pyrrole nitrogens is 1. The maximum absolute atomic E-state index is 12.2. The monoisotopic (exact) mass is 283 g/mol. The molecule has 0 saturated heterocycles. The van der Waals surface area contributed by atoms with Gasteiger partial charge >= 0.3 is 6.09 Å². The summed E-state index contributed by atoms with van der Waals surface area (Å²) in [7, 11) is 0. The number of hydrogen-bond donors (Lipinski definition) is 1. The van der Waals surface area contributed by atoms with Gasteiger partial charge in [0.2, 0.25) is 0 Å². The third kappa shape index (κ3) is 2.53. The van der Waals surface area contributed by atoms with E-state index in [1.54, 1.807) is 19.2 Å². The van der Waals surface area contributed by atoms with Gasteiger partial charge in [-0.1, -0.05) is 18.2 Å². The van der Waals surface area contributed by atoms with Crippen LogP contribution in [0.4, 0.5) is 16.3 Å². The minimum Gasteiger partial charge on any atom is -0.449 e. The molecule has 7 heteroatoms. The molecule has 0 radical (unpaired) electrons. The van der Waals surface area contributed by atoms with Crippen molar-refractivity contribution in [1.29, 1.82) is 0 Å². The van der Waals surface area contributed by atoms with Gasteiger partial charge in [0.05, 0.1) is 24.0 Å². The molecule has 0 unspecified atom stereocenters. The van der Waals surface area contributed by atoms with E-state index in [-0.39, 0.29) is 6.61 Å². The number of nitrogens with zero attached hydrogens (tertiary/aromatic N) is 4. The Morgan fingerprint density at radius 3 is 2.95 bits per heavy atom. The van der Waals surface area contributed by atoms with Crippen LogP contribution in [0.2, 0.25) is 0 Å². The van der Waals surface area contributed by atoms with Gasteiger partial charge in [-0.25, -0.2) is 9.69 Å². The molecular weight excluding hydrogens is 270 g/mol. The standard InChI is InChI=1S/C14H13N5O2/c1-2-21-14(20)19(11-8-15-16-9-11)13-7-10-5-3-4-6-12(10)17-18-13/h3-9H,2H2,1H3,(H,15,16). The average Bonchev–Trinajstić information content (AvgIpc) is 3.01. The second-order valence-corrected chi connectivity index (χ2v) is 4.25. The molecule has 3 rings (SSSR count). The number of aromatic nitrogens is 4. The first kappa shape index (κ1) is 13.0. The molecule has 0 aliphatic heterocycles. The van der Waals surface area contributed by atoms with Crippen LogP contribution in [0.3, 0.4) is 0 Å². The molecule has 2 aromatic heterocycles. The Bertz CT molecular complexity index is 757. The van der Waals surface area contributed by atoms with Crippen LogP contribution < -0.4 is 4.90 Å². The first-order valence-corrected chi connectivity index (χ1v) is 6.47. The number of anilines is 2. The Labute approximate surface area is 120 Å². The SMILES string of the molecule is CCOC(=O)N(c1cn[nH]c1)c1cc2ccccc2nn1. The third-order valence-electron chi connectivity index (χ3n) is 2.90. The second-order valence-electron chi connectivity index (χ2n) is 4.25. The highest BCUT2D eigenvalue weighted by Gasteiger charge is 2.22. The van der Waals surface area contributed by atoms with Gasteiger partial charge in [0.15, 0.2) is 5.82 Å². The number of carbonyl (C=O) groups is 1. The lowest BCUT2D eigenvalue weighted by molar-refractivity contribution is 0.162. The fraction of sp³-hybridized carbons (Fsp3) is 0.143. The van der Waals surface area contributed by atoms with Gasteiger partial charge in [0.1, 0.15) is 0 Å². The average molecular weight is 283 g/mol. The number of hydrogen-bond acceptors (Lipinski definition) is 5. The van der Waals surface area contributed by atoms with E-state index >= 15 is 0 Å². The largest absolute Gasteiger partial charge is 0.449 e. The Morgan fingerprint density at radius 1 is 1.33 bits per heavy atom. The molecular formula is C14H13N5O2. The maximum Gasteiger partial charge on any atom is 0.420 e. The molecule has 0 aliphatic rings. The van der Waals surface area contributed by atoms with E-state index in [4.69, 9.17) is 4.74 Å².